The minimum Gasteiger partial charge on any atom is -0.394 e. The van der Waals surface area contributed by atoms with Crippen molar-refractivity contribution in [1.29, 1.82) is 0 Å². The van der Waals surface area contributed by atoms with Crippen LogP contribution >= 0.6 is 0 Å². The Labute approximate surface area is 199 Å². The molecule has 0 aromatic heterocycles. The van der Waals surface area contributed by atoms with Gasteiger partial charge in [-0.3, -0.25) is 9.59 Å². The molecule has 0 unspecified atom stereocenters. The van der Waals surface area contributed by atoms with Crippen LogP contribution in [-0.4, -0.2) is 58.8 Å². The lowest BCUT2D eigenvalue weighted by Crippen LogP contribution is -2.40. The fourth-order valence-electron chi connectivity index (χ4n) is 3.95. The third kappa shape index (κ3) is 8.18. The number of aliphatic hydroxyl groups excluding tert-OH is 2. The van der Waals surface area contributed by atoms with Crippen molar-refractivity contribution in [2.45, 2.75) is 58.6 Å². The Bertz CT molecular complexity index is 957. The molecule has 0 bridgehead atoms. The first kappa shape index (κ1) is 27.4. The Morgan fingerprint density at radius 1 is 0.971 bits per heavy atom. The Morgan fingerprint density at radius 3 is 2.12 bits per heavy atom. The zero-order valence-electron chi connectivity index (χ0n) is 20.0. The highest BCUT2D eigenvalue weighted by Crippen LogP contribution is 2.16. The van der Waals surface area contributed by atoms with Gasteiger partial charge in [0.15, 0.2) is 0 Å². The molecule has 8 heteroatoms. The van der Waals surface area contributed by atoms with Crippen LogP contribution in [-0.2, 0) is 6.42 Å². The molecule has 0 saturated heterocycles. The van der Waals surface area contributed by atoms with Gasteiger partial charge in [-0.25, -0.2) is 8.78 Å². The normalized spacial score (nSPS) is 12.8. The molecule has 34 heavy (non-hydrogen) atoms. The summed E-state index contributed by atoms with van der Waals surface area (Å²) in [6.45, 7) is 6.51. The monoisotopic (exact) mass is 476 g/mol. The van der Waals surface area contributed by atoms with Gasteiger partial charge in [-0.05, 0) is 74.1 Å². The highest BCUT2D eigenvalue weighted by atomic mass is 19.1. The third-order valence-corrected chi connectivity index (χ3v) is 5.37. The van der Waals surface area contributed by atoms with E-state index in [1.54, 1.807) is 24.0 Å². The second-order valence-corrected chi connectivity index (χ2v) is 8.60. The van der Waals surface area contributed by atoms with Gasteiger partial charge in [0, 0.05) is 36.3 Å². The van der Waals surface area contributed by atoms with E-state index < -0.39 is 36.3 Å². The maximum atomic E-state index is 13.6. The molecule has 6 nitrogen and oxygen atoms in total. The fourth-order valence-corrected chi connectivity index (χ4v) is 3.95. The molecule has 2 rings (SSSR count). The number of benzene rings is 2. The van der Waals surface area contributed by atoms with Crippen LogP contribution in [0, 0.1) is 18.6 Å². The van der Waals surface area contributed by atoms with Crippen LogP contribution in [0.1, 0.15) is 65.0 Å². The first-order valence-electron chi connectivity index (χ1n) is 11.6. The van der Waals surface area contributed by atoms with Gasteiger partial charge in [0.2, 0.25) is 0 Å². The van der Waals surface area contributed by atoms with Crippen molar-refractivity contribution in [2.24, 2.45) is 0 Å². The Morgan fingerprint density at radius 2 is 1.56 bits per heavy atom. The lowest BCUT2D eigenvalue weighted by atomic mass is 9.99. The van der Waals surface area contributed by atoms with E-state index in [2.05, 4.69) is 5.32 Å². The molecule has 0 aliphatic rings. The van der Waals surface area contributed by atoms with Crippen molar-refractivity contribution >= 4 is 11.8 Å². The maximum Gasteiger partial charge on any atom is 0.253 e. The average Bonchev–Trinajstić information content (AvgIpc) is 2.77. The van der Waals surface area contributed by atoms with Gasteiger partial charge in [0.1, 0.15) is 11.6 Å². The Balaban J connectivity index is 2.27. The van der Waals surface area contributed by atoms with E-state index in [4.69, 9.17) is 0 Å². The van der Waals surface area contributed by atoms with Gasteiger partial charge in [-0.2, -0.15) is 0 Å². The maximum absolute atomic E-state index is 13.6. The van der Waals surface area contributed by atoms with Crippen LogP contribution in [0.25, 0.3) is 0 Å². The number of nitrogens with one attached hydrogen (secondary N) is 1. The molecule has 0 aliphatic heterocycles. The van der Waals surface area contributed by atoms with Crippen molar-refractivity contribution in [2.75, 3.05) is 19.7 Å². The predicted octanol–water partition coefficient (Wildman–Crippen LogP) is 3.62. The molecule has 0 radical (unpaired) electrons. The zero-order chi connectivity index (χ0) is 25.3. The summed E-state index contributed by atoms with van der Waals surface area (Å²) in [6, 6.07) is 7.29. The Kier molecular flexibility index (Phi) is 10.6. The quantitative estimate of drug-likeness (QED) is 0.437. The van der Waals surface area contributed by atoms with Crippen LogP contribution in [0.2, 0.25) is 0 Å². The van der Waals surface area contributed by atoms with Crippen LogP contribution in [0.4, 0.5) is 8.78 Å². The van der Waals surface area contributed by atoms with E-state index in [-0.39, 0.29) is 24.3 Å². The SMILES string of the molecule is CCCN(CCC)C(=O)c1cc(C)cc(C(=O)N[C@@H](Cc2cc(F)cc(F)c2)C[C@H](O)CO)c1. The molecular formula is C26H34F2N2O4. The van der Waals surface area contributed by atoms with Crippen LogP contribution in [0.3, 0.4) is 0 Å². The van der Waals surface area contributed by atoms with E-state index >= 15 is 0 Å². The molecule has 0 spiro atoms. The van der Waals surface area contributed by atoms with E-state index in [1.807, 2.05) is 13.8 Å². The topological polar surface area (TPSA) is 89.9 Å². The smallest absolute Gasteiger partial charge is 0.253 e. The number of hydrogen-bond donors (Lipinski definition) is 3. The Hall–Kier alpha value is -2.84. The van der Waals surface area contributed by atoms with Gasteiger partial charge in [0.25, 0.3) is 11.8 Å². The number of carbonyl (C=O) groups excluding carboxylic acids is 2. The zero-order valence-corrected chi connectivity index (χ0v) is 20.0. The van der Waals surface area contributed by atoms with Gasteiger partial charge in [-0.15, -0.1) is 0 Å². The number of amides is 2. The molecule has 0 saturated carbocycles. The molecule has 3 N–H and O–H groups in total. The highest BCUT2D eigenvalue weighted by molar-refractivity contribution is 6.00. The number of rotatable bonds is 12. The van der Waals surface area contributed by atoms with Crippen LogP contribution in [0.5, 0.6) is 0 Å². The molecule has 0 fully saturated rings. The summed E-state index contributed by atoms with van der Waals surface area (Å²) in [5.74, 6) is -2.12. The van der Waals surface area contributed by atoms with E-state index in [0.29, 0.717) is 24.2 Å². The molecule has 0 aliphatic carbocycles. The summed E-state index contributed by atoms with van der Waals surface area (Å²) >= 11 is 0. The van der Waals surface area contributed by atoms with Crippen molar-refractivity contribution < 1.29 is 28.6 Å². The summed E-state index contributed by atoms with van der Waals surface area (Å²) < 4.78 is 27.2. The molecule has 2 amide bonds. The second-order valence-electron chi connectivity index (χ2n) is 8.60. The summed E-state index contributed by atoms with van der Waals surface area (Å²) in [6.07, 6.45) is 0.560. The summed E-state index contributed by atoms with van der Waals surface area (Å²) in [4.78, 5) is 27.9. The number of carbonyl (C=O) groups is 2. The molecule has 186 valence electrons. The predicted molar refractivity (Wildman–Crippen MR) is 127 cm³/mol. The number of halogens is 2. The largest absolute Gasteiger partial charge is 0.394 e. The van der Waals surface area contributed by atoms with E-state index in [1.165, 1.54) is 6.07 Å². The minimum absolute atomic E-state index is 0.0151. The minimum atomic E-state index is -1.12. The van der Waals surface area contributed by atoms with Crippen LogP contribution in [0.15, 0.2) is 36.4 Å². The lowest BCUT2D eigenvalue weighted by Gasteiger charge is -2.23. The van der Waals surface area contributed by atoms with Crippen molar-refractivity contribution in [3.8, 4) is 0 Å². The summed E-state index contributed by atoms with van der Waals surface area (Å²) in [5, 5.41) is 21.9. The summed E-state index contributed by atoms with van der Waals surface area (Å²) in [5.41, 5.74) is 1.72. The molecule has 2 atom stereocenters. The van der Waals surface area contributed by atoms with E-state index in [9.17, 15) is 28.6 Å². The highest BCUT2D eigenvalue weighted by Gasteiger charge is 2.21. The van der Waals surface area contributed by atoms with Crippen molar-refractivity contribution in [3.63, 3.8) is 0 Å². The number of hydrogen-bond acceptors (Lipinski definition) is 4. The average molecular weight is 477 g/mol. The molecule has 2 aromatic carbocycles. The molecule has 0 heterocycles. The van der Waals surface area contributed by atoms with Gasteiger partial charge < -0.3 is 20.4 Å². The molecule has 2 aromatic rings. The lowest BCUT2D eigenvalue weighted by molar-refractivity contribution is 0.0740. The van der Waals surface area contributed by atoms with E-state index in [0.717, 1.165) is 36.6 Å². The summed E-state index contributed by atoms with van der Waals surface area (Å²) in [7, 11) is 0. The molecular weight excluding hydrogens is 442 g/mol. The standard InChI is InChI=1S/C26H34F2N2O4/c1-4-6-30(7-5-2)26(34)20-9-17(3)8-19(13-20)25(33)29-23(15-24(32)16-31)12-18-10-21(27)14-22(28)11-18/h8-11,13-14,23-24,31-32H,4-7,12,15-16H2,1-3H3,(H,29,33)/t23-,24-/m0/s1. The first-order valence-corrected chi connectivity index (χ1v) is 11.6. The third-order valence-electron chi connectivity index (χ3n) is 5.37. The number of aliphatic hydroxyl groups is 2. The first-order chi connectivity index (χ1) is 16.2. The second kappa shape index (κ2) is 13.2. The van der Waals surface area contributed by atoms with Gasteiger partial charge in [-0.1, -0.05) is 13.8 Å². The number of nitrogens with zero attached hydrogens (tertiary/aromatic N) is 1. The van der Waals surface area contributed by atoms with Crippen molar-refractivity contribution in [1.82, 2.24) is 10.2 Å². The van der Waals surface area contributed by atoms with Crippen molar-refractivity contribution in [3.05, 3.63) is 70.3 Å². The fraction of sp³-hybridized carbons (Fsp3) is 0.462. The van der Waals surface area contributed by atoms with Gasteiger partial charge in [0.05, 0.1) is 12.7 Å². The van der Waals surface area contributed by atoms with Gasteiger partial charge >= 0.3 is 0 Å². The van der Waals surface area contributed by atoms with Crippen LogP contribution < -0.4 is 5.32 Å². The number of aryl methyl sites for hydroxylation is 1.